The second-order valence-corrected chi connectivity index (χ2v) is 5.42. The Morgan fingerprint density at radius 2 is 1.76 bits per heavy atom. The summed E-state index contributed by atoms with van der Waals surface area (Å²) in [5.41, 5.74) is 1.39. The molecule has 0 atom stereocenters. The Kier molecular flexibility index (Phi) is 4.21. The topological polar surface area (TPSA) is 72.3 Å². The summed E-state index contributed by atoms with van der Waals surface area (Å²) in [6, 6.07) is 7.89. The average molecular weight is 286 g/mol. The van der Waals surface area contributed by atoms with E-state index in [1.54, 1.807) is 0 Å². The number of benzene rings is 1. The number of carbonyl (C=O) groups is 1. The third-order valence-corrected chi connectivity index (χ3v) is 3.60. The average Bonchev–Trinajstić information content (AvgIpc) is 2.48. The molecule has 1 aromatic carbocycles. The number of hydrogen-bond donors (Lipinski definition) is 1. The van der Waals surface area contributed by atoms with E-state index >= 15 is 0 Å². The summed E-state index contributed by atoms with van der Waals surface area (Å²) in [5.74, 6) is -0.443. The van der Waals surface area contributed by atoms with Crippen LogP contribution in [-0.4, -0.2) is 21.0 Å². The largest absolute Gasteiger partial charge is 0.478 e. The summed E-state index contributed by atoms with van der Waals surface area (Å²) in [5, 5.41) is 8.77. The van der Waals surface area contributed by atoms with Gasteiger partial charge in [0.1, 0.15) is 5.75 Å². The van der Waals surface area contributed by atoms with Gasteiger partial charge in [-0.05, 0) is 29.5 Å². The van der Waals surface area contributed by atoms with E-state index in [4.69, 9.17) is 9.84 Å². The van der Waals surface area contributed by atoms with Crippen LogP contribution in [0, 0.1) is 0 Å². The molecule has 5 heteroatoms. The molecule has 0 fully saturated rings. The van der Waals surface area contributed by atoms with Gasteiger partial charge in [-0.15, -0.1) is 0 Å². The fourth-order valence-corrected chi connectivity index (χ4v) is 1.76. The standard InChI is InChI=1S/C16H18N2O3/c1-4-16(2,3)12-5-7-13(8-6-12)21-15-17-9-11(10-18-15)14(19)20/h5-10H,4H2,1-3H3,(H,19,20). The molecule has 0 aliphatic heterocycles. The second kappa shape index (κ2) is 5.91. The van der Waals surface area contributed by atoms with E-state index < -0.39 is 5.97 Å². The molecule has 5 nitrogen and oxygen atoms in total. The van der Waals surface area contributed by atoms with Crippen LogP contribution in [0.25, 0.3) is 0 Å². The molecule has 0 bridgehead atoms. The van der Waals surface area contributed by atoms with Crippen LogP contribution in [0.2, 0.25) is 0 Å². The number of nitrogens with zero attached hydrogens (tertiary/aromatic N) is 2. The molecule has 0 saturated carbocycles. The van der Waals surface area contributed by atoms with Gasteiger partial charge in [0.2, 0.25) is 0 Å². The van der Waals surface area contributed by atoms with E-state index in [1.165, 1.54) is 18.0 Å². The Bertz CT molecular complexity index is 619. The van der Waals surface area contributed by atoms with Crippen LogP contribution in [0.3, 0.4) is 0 Å². The van der Waals surface area contributed by atoms with Crippen molar-refractivity contribution < 1.29 is 14.6 Å². The zero-order valence-electron chi connectivity index (χ0n) is 12.3. The normalized spacial score (nSPS) is 11.2. The first-order valence-corrected chi connectivity index (χ1v) is 6.76. The van der Waals surface area contributed by atoms with E-state index in [2.05, 4.69) is 30.7 Å². The second-order valence-electron chi connectivity index (χ2n) is 5.42. The van der Waals surface area contributed by atoms with E-state index in [-0.39, 0.29) is 17.0 Å². The van der Waals surface area contributed by atoms with Crippen molar-refractivity contribution in [1.82, 2.24) is 9.97 Å². The Hall–Kier alpha value is -2.43. The van der Waals surface area contributed by atoms with Gasteiger partial charge in [0.05, 0.1) is 5.56 Å². The summed E-state index contributed by atoms with van der Waals surface area (Å²) in [6.07, 6.45) is 3.49. The smallest absolute Gasteiger partial charge is 0.338 e. The van der Waals surface area contributed by atoms with Crippen molar-refractivity contribution in [1.29, 1.82) is 0 Å². The number of carboxylic acid groups (broad SMARTS) is 1. The first-order chi connectivity index (χ1) is 9.92. The summed E-state index contributed by atoms with van der Waals surface area (Å²) in [4.78, 5) is 18.4. The van der Waals surface area contributed by atoms with Crippen LogP contribution in [0.5, 0.6) is 11.8 Å². The van der Waals surface area contributed by atoms with Gasteiger partial charge in [0, 0.05) is 12.4 Å². The highest BCUT2D eigenvalue weighted by Gasteiger charge is 2.17. The molecule has 0 spiro atoms. The van der Waals surface area contributed by atoms with Crippen LogP contribution in [0.4, 0.5) is 0 Å². The number of carboxylic acids is 1. The molecular formula is C16H18N2O3. The van der Waals surface area contributed by atoms with E-state index in [0.717, 1.165) is 6.42 Å². The van der Waals surface area contributed by atoms with Gasteiger partial charge in [0.15, 0.2) is 0 Å². The van der Waals surface area contributed by atoms with Crippen molar-refractivity contribution in [2.75, 3.05) is 0 Å². The fraction of sp³-hybridized carbons (Fsp3) is 0.312. The Balaban J connectivity index is 2.11. The molecule has 2 rings (SSSR count). The molecule has 2 aromatic rings. The van der Waals surface area contributed by atoms with Gasteiger partial charge in [-0.1, -0.05) is 32.9 Å². The van der Waals surface area contributed by atoms with E-state index in [0.29, 0.717) is 5.75 Å². The summed E-state index contributed by atoms with van der Waals surface area (Å²) < 4.78 is 5.50. The lowest BCUT2D eigenvalue weighted by molar-refractivity contribution is 0.0696. The number of aromatic nitrogens is 2. The van der Waals surface area contributed by atoms with Crippen LogP contribution in [-0.2, 0) is 5.41 Å². The lowest BCUT2D eigenvalue weighted by atomic mass is 9.82. The summed E-state index contributed by atoms with van der Waals surface area (Å²) in [6.45, 7) is 6.54. The molecule has 21 heavy (non-hydrogen) atoms. The predicted molar refractivity (Wildman–Crippen MR) is 78.8 cm³/mol. The van der Waals surface area contributed by atoms with E-state index in [9.17, 15) is 4.79 Å². The SMILES string of the molecule is CCC(C)(C)c1ccc(Oc2ncc(C(=O)O)cn2)cc1. The highest BCUT2D eigenvalue weighted by Crippen LogP contribution is 2.28. The van der Waals surface area contributed by atoms with Gasteiger partial charge < -0.3 is 9.84 Å². The minimum absolute atomic E-state index is 0.0300. The van der Waals surface area contributed by atoms with Crippen molar-refractivity contribution in [2.45, 2.75) is 32.6 Å². The Labute approximate surface area is 123 Å². The van der Waals surface area contributed by atoms with Crippen LogP contribution >= 0.6 is 0 Å². The van der Waals surface area contributed by atoms with Crippen molar-refractivity contribution in [2.24, 2.45) is 0 Å². The zero-order chi connectivity index (χ0) is 15.5. The van der Waals surface area contributed by atoms with Crippen LogP contribution in [0.15, 0.2) is 36.7 Å². The lowest BCUT2D eigenvalue weighted by Gasteiger charge is -2.23. The first kappa shape index (κ1) is 15.0. The third-order valence-electron chi connectivity index (χ3n) is 3.60. The number of rotatable bonds is 5. The van der Waals surface area contributed by atoms with Crippen molar-refractivity contribution in [3.05, 3.63) is 47.8 Å². The summed E-state index contributed by atoms with van der Waals surface area (Å²) in [7, 11) is 0. The molecule has 0 saturated heterocycles. The molecule has 0 radical (unpaired) electrons. The molecular weight excluding hydrogens is 268 g/mol. The van der Waals surface area contributed by atoms with E-state index in [1.807, 2.05) is 24.3 Å². The molecule has 1 N–H and O–H groups in total. The van der Waals surface area contributed by atoms with Crippen molar-refractivity contribution in [3.8, 4) is 11.8 Å². The highest BCUT2D eigenvalue weighted by atomic mass is 16.5. The molecule has 0 amide bonds. The molecule has 110 valence electrons. The number of hydrogen-bond acceptors (Lipinski definition) is 4. The minimum Gasteiger partial charge on any atom is -0.478 e. The highest BCUT2D eigenvalue weighted by molar-refractivity contribution is 5.86. The van der Waals surface area contributed by atoms with Crippen LogP contribution < -0.4 is 4.74 Å². The zero-order valence-corrected chi connectivity index (χ0v) is 12.3. The lowest BCUT2D eigenvalue weighted by Crippen LogP contribution is -2.14. The van der Waals surface area contributed by atoms with Gasteiger partial charge in [-0.3, -0.25) is 0 Å². The van der Waals surface area contributed by atoms with Crippen molar-refractivity contribution in [3.63, 3.8) is 0 Å². The van der Waals surface area contributed by atoms with Gasteiger partial charge >= 0.3 is 12.0 Å². The maximum Gasteiger partial charge on any atom is 0.338 e. The van der Waals surface area contributed by atoms with Gasteiger partial charge in [-0.25, -0.2) is 14.8 Å². The van der Waals surface area contributed by atoms with Crippen molar-refractivity contribution >= 4 is 5.97 Å². The maximum atomic E-state index is 10.7. The molecule has 1 heterocycles. The summed E-state index contributed by atoms with van der Waals surface area (Å²) >= 11 is 0. The Morgan fingerprint density at radius 3 is 2.24 bits per heavy atom. The van der Waals surface area contributed by atoms with Gasteiger partial charge in [0.25, 0.3) is 0 Å². The number of ether oxygens (including phenoxy) is 1. The van der Waals surface area contributed by atoms with Gasteiger partial charge in [-0.2, -0.15) is 0 Å². The predicted octanol–water partition coefficient (Wildman–Crippen LogP) is 3.65. The Morgan fingerprint density at radius 1 is 1.19 bits per heavy atom. The molecule has 1 aromatic heterocycles. The maximum absolute atomic E-state index is 10.7. The first-order valence-electron chi connectivity index (χ1n) is 6.76. The monoisotopic (exact) mass is 286 g/mol. The fourth-order valence-electron chi connectivity index (χ4n) is 1.76. The third kappa shape index (κ3) is 3.56. The molecule has 0 unspecified atom stereocenters. The number of aromatic carboxylic acids is 1. The molecule has 0 aliphatic rings. The quantitative estimate of drug-likeness (QED) is 0.908. The van der Waals surface area contributed by atoms with Crippen LogP contribution in [0.1, 0.15) is 43.1 Å². The minimum atomic E-state index is -1.06. The molecule has 0 aliphatic carbocycles.